The van der Waals surface area contributed by atoms with Crippen LogP contribution in [0, 0.1) is 5.92 Å². The van der Waals surface area contributed by atoms with Crippen molar-refractivity contribution in [2.45, 2.75) is 27.5 Å². The first-order chi connectivity index (χ1) is 14.1. The molecule has 1 heterocycles. The van der Waals surface area contributed by atoms with E-state index >= 15 is 0 Å². The summed E-state index contributed by atoms with van der Waals surface area (Å²) in [5, 5.41) is 7.81. The topological polar surface area (TPSA) is 127 Å². The van der Waals surface area contributed by atoms with E-state index in [1.165, 1.54) is 40.3 Å². The molecule has 8 nitrogen and oxygen atoms in total. The Bertz CT molecular complexity index is 1120. The Hall–Kier alpha value is -1.92. The average molecular weight is 470 g/mol. The van der Waals surface area contributed by atoms with Crippen LogP contribution in [0.1, 0.15) is 12.8 Å². The Labute approximate surface area is 180 Å². The molecule has 1 fully saturated rings. The van der Waals surface area contributed by atoms with E-state index in [9.17, 15) is 21.6 Å². The zero-order chi connectivity index (χ0) is 21.9. The maximum absolute atomic E-state index is 13.0. The minimum atomic E-state index is -3.79. The normalized spacial score (nSPS) is 16.3. The maximum Gasteiger partial charge on any atom is 0.244 e. The summed E-state index contributed by atoms with van der Waals surface area (Å²) in [4.78, 5) is 13.5. The monoisotopic (exact) mass is 469 g/mol. The highest BCUT2D eigenvalue weighted by Gasteiger charge is 2.33. The van der Waals surface area contributed by atoms with Gasteiger partial charge in [0.15, 0.2) is 0 Å². The Morgan fingerprint density at radius 3 is 2.20 bits per heavy atom. The molecule has 0 atom stereocenters. The molecule has 0 saturated carbocycles. The molecule has 1 amide bonds. The fraction of sp³-hybridized carbons (Fsp3) is 0.316. The average Bonchev–Trinajstić information content (AvgIpc) is 2.73. The molecule has 162 valence electrons. The minimum absolute atomic E-state index is 0.0375. The number of primary sulfonamides is 1. The number of hydrogen-bond acceptors (Lipinski definition) is 6. The van der Waals surface area contributed by atoms with Crippen LogP contribution in [0.25, 0.3) is 0 Å². The number of piperidine rings is 1. The molecule has 1 aliphatic rings. The molecule has 2 aromatic carbocycles. The number of nitrogens with zero attached hydrogens (tertiary/aromatic N) is 1. The van der Waals surface area contributed by atoms with Gasteiger partial charge in [-0.1, -0.05) is 12.1 Å². The van der Waals surface area contributed by atoms with Crippen molar-refractivity contribution < 1.29 is 21.6 Å². The number of anilines is 1. The summed E-state index contributed by atoms with van der Waals surface area (Å²) in [6.45, 7) is 0.515. The largest absolute Gasteiger partial charge is 0.326 e. The van der Waals surface area contributed by atoms with E-state index in [1.807, 2.05) is 6.26 Å². The van der Waals surface area contributed by atoms with E-state index in [-0.39, 0.29) is 34.7 Å². The number of amides is 1. The minimum Gasteiger partial charge on any atom is -0.326 e. The molecule has 0 aliphatic carbocycles. The molecule has 30 heavy (non-hydrogen) atoms. The van der Waals surface area contributed by atoms with Crippen molar-refractivity contribution in [1.29, 1.82) is 0 Å². The summed E-state index contributed by atoms with van der Waals surface area (Å²) in [5.41, 5.74) is 0.455. The number of nitrogens with two attached hydrogens (primary N) is 1. The number of sulfonamides is 2. The molecule has 1 aliphatic heterocycles. The van der Waals surface area contributed by atoms with E-state index in [1.54, 1.807) is 24.3 Å². The fourth-order valence-electron chi connectivity index (χ4n) is 3.30. The van der Waals surface area contributed by atoms with Crippen molar-refractivity contribution >= 4 is 43.4 Å². The fourth-order valence-corrected chi connectivity index (χ4v) is 6.41. The Morgan fingerprint density at radius 1 is 1.03 bits per heavy atom. The molecule has 3 N–H and O–H groups in total. The number of benzene rings is 2. The van der Waals surface area contributed by atoms with Crippen LogP contribution in [0.15, 0.2) is 63.2 Å². The van der Waals surface area contributed by atoms with Crippen molar-refractivity contribution in [2.24, 2.45) is 11.1 Å². The van der Waals surface area contributed by atoms with Gasteiger partial charge >= 0.3 is 0 Å². The molecular formula is C19H23N3O5S3. The first kappa shape index (κ1) is 22.8. The van der Waals surface area contributed by atoms with Gasteiger partial charge < -0.3 is 5.32 Å². The van der Waals surface area contributed by atoms with E-state index < -0.39 is 20.0 Å². The lowest BCUT2D eigenvalue weighted by Crippen LogP contribution is -2.41. The Kier molecular flexibility index (Phi) is 6.88. The highest BCUT2D eigenvalue weighted by atomic mass is 32.2. The number of nitrogens with one attached hydrogen (secondary N) is 1. The smallest absolute Gasteiger partial charge is 0.244 e. The van der Waals surface area contributed by atoms with Crippen LogP contribution in [-0.4, -0.2) is 46.4 Å². The highest BCUT2D eigenvalue weighted by molar-refractivity contribution is 7.99. The predicted molar refractivity (Wildman–Crippen MR) is 116 cm³/mol. The standard InChI is InChI=1S/C19H23N3O5S3/c1-28-17-4-2-3-5-18(17)30(26,27)22-12-10-14(11-13-22)19(23)21-15-6-8-16(9-7-15)29(20,24)25/h2-9,14H,10-13H2,1H3,(H,21,23)(H2,20,24,25). The van der Waals surface area contributed by atoms with Gasteiger partial charge in [0.25, 0.3) is 0 Å². The van der Waals surface area contributed by atoms with Crippen molar-refractivity contribution in [2.75, 3.05) is 24.7 Å². The number of rotatable bonds is 6. The summed E-state index contributed by atoms with van der Waals surface area (Å²) in [6, 6.07) is 12.5. The quantitative estimate of drug-likeness (QED) is 0.624. The lowest BCUT2D eigenvalue weighted by molar-refractivity contribution is -0.120. The van der Waals surface area contributed by atoms with Crippen molar-refractivity contribution in [3.8, 4) is 0 Å². The molecule has 1 saturated heterocycles. The van der Waals surface area contributed by atoms with E-state index in [0.29, 0.717) is 23.4 Å². The number of hydrogen-bond donors (Lipinski definition) is 2. The number of thioether (sulfide) groups is 1. The summed E-state index contributed by atoms with van der Waals surface area (Å²) >= 11 is 1.38. The lowest BCUT2D eigenvalue weighted by atomic mass is 9.97. The zero-order valence-electron chi connectivity index (χ0n) is 16.3. The van der Waals surface area contributed by atoms with Gasteiger partial charge in [0, 0.05) is 29.6 Å². The molecule has 0 radical (unpaired) electrons. The third kappa shape index (κ3) is 5.03. The molecule has 2 aromatic rings. The van der Waals surface area contributed by atoms with Crippen molar-refractivity contribution in [3.63, 3.8) is 0 Å². The summed E-state index contributed by atoms with van der Waals surface area (Å²) in [7, 11) is -7.41. The summed E-state index contributed by atoms with van der Waals surface area (Å²) in [5.74, 6) is -0.551. The van der Waals surface area contributed by atoms with Crippen LogP contribution in [0.2, 0.25) is 0 Å². The molecule has 11 heteroatoms. The SMILES string of the molecule is CSc1ccccc1S(=O)(=O)N1CCC(C(=O)Nc2ccc(S(N)(=O)=O)cc2)CC1. The second-order valence-electron chi connectivity index (χ2n) is 6.89. The van der Waals surface area contributed by atoms with Crippen LogP contribution in [0.4, 0.5) is 5.69 Å². The predicted octanol–water partition coefficient (Wildman–Crippen LogP) is 2.10. The van der Waals surface area contributed by atoms with Crippen molar-refractivity contribution in [1.82, 2.24) is 4.31 Å². The van der Waals surface area contributed by atoms with Crippen LogP contribution in [-0.2, 0) is 24.8 Å². The van der Waals surface area contributed by atoms with Crippen LogP contribution < -0.4 is 10.5 Å². The summed E-state index contributed by atoms with van der Waals surface area (Å²) in [6.07, 6.45) is 2.64. The van der Waals surface area contributed by atoms with Crippen LogP contribution in [0.3, 0.4) is 0 Å². The van der Waals surface area contributed by atoms with Crippen molar-refractivity contribution in [3.05, 3.63) is 48.5 Å². The lowest BCUT2D eigenvalue weighted by Gasteiger charge is -2.31. The van der Waals surface area contributed by atoms with E-state index in [0.717, 1.165) is 0 Å². The van der Waals surface area contributed by atoms with Crippen LogP contribution in [0.5, 0.6) is 0 Å². The molecule has 0 bridgehead atoms. The Balaban J connectivity index is 1.63. The maximum atomic E-state index is 13.0. The van der Waals surface area contributed by atoms with Gasteiger partial charge in [-0.05, 0) is 55.5 Å². The summed E-state index contributed by atoms with van der Waals surface area (Å²) < 4.78 is 50.0. The second kappa shape index (κ2) is 9.06. The van der Waals surface area contributed by atoms with Gasteiger partial charge in [-0.3, -0.25) is 4.79 Å². The third-order valence-electron chi connectivity index (χ3n) is 4.96. The molecule has 0 spiro atoms. The van der Waals surface area contributed by atoms with Gasteiger partial charge in [-0.25, -0.2) is 22.0 Å². The number of carbonyl (C=O) groups is 1. The van der Waals surface area contributed by atoms with Gasteiger partial charge in [-0.2, -0.15) is 4.31 Å². The first-order valence-electron chi connectivity index (χ1n) is 9.20. The Morgan fingerprint density at radius 2 is 1.63 bits per heavy atom. The van der Waals surface area contributed by atoms with Gasteiger partial charge in [0.1, 0.15) is 0 Å². The van der Waals surface area contributed by atoms with Crippen LogP contribution >= 0.6 is 11.8 Å². The first-order valence-corrected chi connectivity index (χ1v) is 13.4. The number of carbonyl (C=O) groups excluding carboxylic acids is 1. The highest BCUT2D eigenvalue weighted by Crippen LogP contribution is 2.30. The van der Waals surface area contributed by atoms with E-state index in [4.69, 9.17) is 5.14 Å². The molecule has 0 unspecified atom stereocenters. The van der Waals surface area contributed by atoms with Gasteiger partial charge in [0.2, 0.25) is 26.0 Å². The molecule has 3 rings (SSSR count). The van der Waals surface area contributed by atoms with E-state index in [2.05, 4.69) is 5.32 Å². The van der Waals surface area contributed by atoms with Gasteiger partial charge in [-0.15, -0.1) is 11.8 Å². The van der Waals surface area contributed by atoms with Gasteiger partial charge in [0.05, 0.1) is 9.79 Å². The zero-order valence-corrected chi connectivity index (χ0v) is 18.8. The second-order valence-corrected chi connectivity index (χ2v) is 11.2. The third-order valence-corrected chi connectivity index (χ3v) is 8.77. The molecule has 0 aromatic heterocycles. The molecular weight excluding hydrogens is 446 g/mol.